The Balaban J connectivity index is 1.61. The molecule has 3 rings (SSSR count). The van der Waals surface area contributed by atoms with E-state index in [-0.39, 0.29) is 31.2 Å². The van der Waals surface area contributed by atoms with Crippen molar-refractivity contribution in [3.05, 3.63) is 71.8 Å². The molecule has 11 heteroatoms. The van der Waals surface area contributed by atoms with Crippen LogP contribution in [0.4, 0.5) is 0 Å². The van der Waals surface area contributed by atoms with Crippen LogP contribution in [0.1, 0.15) is 68.8 Å². The highest BCUT2D eigenvalue weighted by atomic mass is 16.2. The van der Waals surface area contributed by atoms with Gasteiger partial charge in [-0.25, -0.2) is 0 Å². The van der Waals surface area contributed by atoms with Crippen molar-refractivity contribution >= 4 is 35.3 Å². The Kier molecular flexibility index (Phi) is 13.7. The molecule has 1 aliphatic heterocycles. The number of ketones is 1. The molecular weight excluding hydrogens is 574 g/mol. The van der Waals surface area contributed by atoms with Gasteiger partial charge in [-0.05, 0) is 69.1 Å². The fourth-order valence-corrected chi connectivity index (χ4v) is 5.09. The molecule has 3 atom stereocenters. The maximum atomic E-state index is 13.4. The first-order chi connectivity index (χ1) is 21.5. The van der Waals surface area contributed by atoms with Crippen molar-refractivity contribution in [2.75, 3.05) is 19.6 Å². The molecule has 2 aromatic carbocycles. The smallest absolute Gasteiger partial charge is 0.290 e. The second kappa shape index (κ2) is 17.7. The average molecular weight is 620 g/mol. The number of nitrogens with zero attached hydrogens (tertiary/aromatic N) is 1. The Morgan fingerprint density at radius 3 is 1.98 bits per heavy atom. The normalized spacial score (nSPS) is 14.9. The van der Waals surface area contributed by atoms with Gasteiger partial charge in [0.05, 0.1) is 12.6 Å². The minimum atomic E-state index is -1.14. The second-order valence-electron chi connectivity index (χ2n) is 11.8. The third-order valence-electron chi connectivity index (χ3n) is 7.65. The zero-order valence-electron chi connectivity index (χ0n) is 26.3. The fraction of sp³-hybridized carbons (Fsp3) is 0.471. The lowest BCUT2D eigenvalue weighted by molar-refractivity contribution is -0.142. The molecule has 5 amide bonds. The average Bonchev–Trinajstić information content (AvgIpc) is 3.05. The lowest BCUT2D eigenvalue weighted by Gasteiger charge is -2.27. The van der Waals surface area contributed by atoms with Gasteiger partial charge >= 0.3 is 0 Å². The lowest BCUT2D eigenvalue weighted by atomic mass is 9.99. The molecule has 2 unspecified atom stereocenters. The number of Topliss-reactive ketones (excluding diaryl/α,β-unsaturated/α-hetero) is 1. The van der Waals surface area contributed by atoms with E-state index in [1.54, 1.807) is 35.2 Å². The van der Waals surface area contributed by atoms with Crippen LogP contribution < -0.4 is 21.3 Å². The van der Waals surface area contributed by atoms with Gasteiger partial charge in [-0.2, -0.15) is 0 Å². The number of benzene rings is 2. The Labute approximate surface area is 264 Å². The van der Waals surface area contributed by atoms with Crippen LogP contribution in [-0.2, 0) is 30.4 Å². The van der Waals surface area contributed by atoms with E-state index >= 15 is 0 Å². The summed E-state index contributed by atoms with van der Waals surface area (Å²) in [6, 6.07) is 14.9. The summed E-state index contributed by atoms with van der Waals surface area (Å²) >= 11 is 0. The lowest BCUT2D eigenvalue weighted by Crippen LogP contribution is -2.56. The topological polar surface area (TPSA) is 154 Å². The summed E-state index contributed by atoms with van der Waals surface area (Å²) < 4.78 is 0. The summed E-state index contributed by atoms with van der Waals surface area (Å²) in [5, 5.41) is 10.4. The van der Waals surface area contributed by atoms with Crippen molar-refractivity contribution < 1.29 is 28.8 Å². The molecule has 0 bridgehead atoms. The van der Waals surface area contributed by atoms with Gasteiger partial charge in [0, 0.05) is 18.7 Å². The molecule has 1 aliphatic rings. The second-order valence-corrected chi connectivity index (χ2v) is 11.8. The standard InChI is InChI=1S/C34H45N5O6/c1-23(2)21-28(30(41)34(45)35-22-29(40)39-19-11-6-12-20-39)38-31(42)24(3)36-33(44)27(18-17-25-13-7-4-8-14-25)37-32(43)26-15-9-5-10-16-26/h4-5,7-10,13-16,23-24,27-28H,6,11-12,17-22H2,1-3H3,(H,35,45)(H,36,44)(H,37,43)(H,38,42)/t24-,27?,28?/m0/s1. The number of hydrogen-bond donors (Lipinski definition) is 4. The van der Waals surface area contributed by atoms with Gasteiger partial charge in [0.25, 0.3) is 11.8 Å². The molecule has 0 saturated carbocycles. The number of aryl methyl sites for hydroxylation is 1. The quantitative estimate of drug-likeness (QED) is 0.224. The first-order valence-corrected chi connectivity index (χ1v) is 15.7. The number of rotatable bonds is 15. The minimum absolute atomic E-state index is 0.0394. The van der Waals surface area contributed by atoms with E-state index in [2.05, 4.69) is 21.3 Å². The molecule has 0 aliphatic carbocycles. The van der Waals surface area contributed by atoms with Crippen molar-refractivity contribution in [2.24, 2.45) is 5.92 Å². The van der Waals surface area contributed by atoms with Gasteiger partial charge in [-0.1, -0.05) is 62.4 Å². The van der Waals surface area contributed by atoms with Crippen LogP contribution in [0.2, 0.25) is 0 Å². The van der Waals surface area contributed by atoms with Crippen LogP contribution in [0.3, 0.4) is 0 Å². The summed E-state index contributed by atoms with van der Waals surface area (Å²) in [6.07, 6.45) is 3.85. The third-order valence-corrected chi connectivity index (χ3v) is 7.65. The molecular formula is C34H45N5O6. The molecule has 11 nitrogen and oxygen atoms in total. The number of likely N-dealkylation sites (tertiary alicyclic amines) is 1. The molecule has 1 fully saturated rings. The van der Waals surface area contributed by atoms with Crippen molar-refractivity contribution in [1.29, 1.82) is 0 Å². The highest BCUT2D eigenvalue weighted by molar-refractivity contribution is 6.38. The van der Waals surface area contributed by atoms with E-state index in [0.717, 1.165) is 24.8 Å². The molecule has 1 heterocycles. The Morgan fingerprint density at radius 1 is 0.733 bits per heavy atom. The number of nitrogens with one attached hydrogen (secondary N) is 4. The monoisotopic (exact) mass is 619 g/mol. The minimum Gasteiger partial charge on any atom is -0.344 e. The molecule has 0 aromatic heterocycles. The first kappa shape index (κ1) is 34.9. The zero-order valence-corrected chi connectivity index (χ0v) is 26.3. The van der Waals surface area contributed by atoms with E-state index in [0.29, 0.717) is 25.1 Å². The highest BCUT2D eigenvalue weighted by Crippen LogP contribution is 2.10. The molecule has 0 radical (unpaired) electrons. The van der Waals surface area contributed by atoms with Crippen LogP contribution in [0.25, 0.3) is 0 Å². The van der Waals surface area contributed by atoms with Crippen molar-refractivity contribution in [1.82, 2.24) is 26.2 Å². The maximum absolute atomic E-state index is 13.4. The molecule has 4 N–H and O–H groups in total. The van der Waals surface area contributed by atoms with Gasteiger partial charge in [-0.3, -0.25) is 28.8 Å². The summed E-state index contributed by atoms with van der Waals surface area (Å²) in [6.45, 7) is 6.13. The fourth-order valence-electron chi connectivity index (χ4n) is 5.09. The number of piperidine rings is 1. The number of hydrogen-bond acceptors (Lipinski definition) is 6. The third kappa shape index (κ3) is 11.5. The van der Waals surface area contributed by atoms with Crippen LogP contribution in [0.5, 0.6) is 0 Å². The van der Waals surface area contributed by atoms with Gasteiger partial charge in [0.1, 0.15) is 12.1 Å². The van der Waals surface area contributed by atoms with E-state index in [1.807, 2.05) is 44.2 Å². The van der Waals surface area contributed by atoms with Gasteiger partial charge in [0.2, 0.25) is 23.5 Å². The van der Waals surface area contributed by atoms with E-state index in [1.165, 1.54) is 6.92 Å². The maximum Gasteiger partial charge on any atom is 0.290 e. The van der Waals surface area contributed by atoms with E-state index in [9.17, 15) is 28.8 Å². The van der Waals surface area contributed by atoms with Gasteiger partial charge in [-0.15, -0.1) is 0 Å². The Bertz CT molecular complexity index is 1310. The SMILES string of the molecule is CC(C)CC(NC(=O)[C@H](C)NC(=O)C(CCc1ccccc1)NC(=O)c1ccccc1)C(=O)C(=O)NCC(=O)N1CCCCC1. The summed E-state index contributed by atoms with van der Waals surface area (Å²) in [7, 11) is 0. The van der Waals surface area contributed by atoms with Crippen molar-refractivity contribution in [2.45, 2.75) is 77.4 Å². The molecule has 2 aromatic rings. The highest BCUT2D eigenvalue weighted by Gasteiger charge is 2.31. The summed E-state index contributed by atoms with van der Waals surface area (Å²) in [5.41, 5.74) is 1.38. The number of carbonyl (C=O) groups excluding carboxylic acids is 6. The summed E-state index contributed by atoms with van der Waals surface area (Å²) in [5.74, 6) is -3.74. The van der Waals surface area contributed by atoms with Gasteiger partial charge < -0.3 is 26.2 Å². The number of amides is 5. The number of carbonyl (C=O) groups is 6. The Morgan fingerprint density at radius 2 is 1.36 bits per heavy atom. The van der Waals surface area contributed by atoms with Crippen LogP contribution in [0, 0.1) is 5.92 Å². The Hall–Kier alpha value is -4.54. The van der Waals surface area contributed by atoms with Crippen molar-refractivity contribution in [3.63, 3.8) is 0 Å². The van der Waals surface area contributed by atoms with Crippen LogP contribution >= 0.6 is 0 Å². The predicted octanol–water partition coefficient (Wildman–Crippen LogP) is 2.15. The molecule has 1 saturated heterocycles. The first-order valence-electron chi connectivity index (χ1n) is 15.7. The summed E-state index contributed by atoms with van der Waals surface area (Å²) in [4.78, 5) is 79.2. The predicted molar refractivity (Wildman–Crippen MR) is 170 cm³/mol. The van der Waals surface area contributed by atoms with E-state index < -0.39 is 47.5 Å². The van der Waals surface area contributed by atoms with E-state index in [4.69, 9.17) is 0 Å². The molecule has 0 spiro atoms. The largest absolute Gasteiger partial charge is 0.344 e. The van der Waals surface area contributed by atoms with Crippen LogP contribution in [-0.4, -0.2) is 78.0 Å². The van der Waals surface area contributed by atoms with Gasteiger partial charge in [0.15, 0.2) is 0 Å². The van der Waals surface area contributed by atoms with Crippen LogP contribution in [0.15, 0.2) is 60.7 Å². The molecule has 242 valence electrons. The molecule has 45 heavy (non-hydrogen) atoms. The van der Waals surface area contributed by atoms with Crippen molar-refractivity contribution in [3.8, 4) is 0 Å². The zero-order chi connectivity index (χ0) is 32.8.